The molecular formula is C12H23N3. The minimum Gasteiger partial charge on any atom is -0.311 e. The predicted octanol–water partition coefficient (Wildman–Crippen LogP) is 1.77. The second-order valence-corrected chi connectivity index (χ2v) is 4.41. The Morgan fingerprint density at radius 3 is 2.53 bits per heavy atom. The van der Waals surface area contributed by atoms with Gasteiger partial charge in [0.05, 0.1) is 12.5 Å². The van der Waals surface area contributed by atoms with Crippen molar-refractivity contribution in [3.8, 4) is 6.07 Å². The summed E-state index contributed by atoms with van der Waals surface area (Å²) >= 11 is 0. The van der Waals surface area contributed by atoms with Gasteiger partial charge >= 0.3 is 0 Å². The lowest BCUT2D eigenvalue weighted by Crippen LogP contribution is -2.34. The first-order chi connectivity index (χ1) is 6.97. The number of likely N-dealkylation sites (N-methyl/N-ethyl adjacent to an activating group) is 1. The molecule has 0 aliphatic rings. The van der Waals surface area contributed by atoms with Gasteiger partial charge in [0, 0.05) is 25.2 Å². The van der Waals surface area contributed by atoms with Gasteiger partial charge in [-0.15, -0.1) is 0 Å². The van der Waals surface area contributed by atoms with E-state index in [4.69, 9.17) is 5.26 Å². The molecule has 1 atom stereocenters. The van der Waals surface area contributed by atoms with Crippen LogP contribution in [0, 0.1) is 11.3 Å². The lowest BCUT2D eigenvalue weighted by molar-refractivity contribution is 0.280. The van der Waals surface area contributed by atoms with E-state index in [1.807, 2.05) is 7.05 Å². The van der Waals surface area contributed by atoms with Crippen LogP contribution in [0.1, 0.15) is 27.2 Å². The molecule has 1 unspecified atom stereocenters. The van der Waals surface area contributed by atoms with E-state index in [1.54, 1.807) is 0 Å². The molecule has 0 amide bonds. The molecule has 0 bridgehead atoms. The maximum atomic E-state index is 8.58. The van der Waals surface area contributed by atoms with Crippen LogP contribution in [-0.4, -0.2) is 37.1 Å². The highest BCUT2D eigenvalue weighted by Gasteiger charge is 2.09. The zero-order valence-corrected chi connectivity index (χ0v) is 10.4. The molecule has 0 heterocycles. The Morgan fingerprint density at radius 1 is 1.47 bits per heavy atom. The van der Waals surface area contributed by atoms with Gasteiger partial charge in [-0.25, -0.2) is 0 Å². The van der Waals surface area contributed by atoms with Crippen LogP contribution in [0.25, 0.3) is 0 Å². The topological polar surface area (TPSA) is 39.1 Å². The minimum absolute atomic E-state index is 0.297. The molecule has 0 rings (SSSR count). The summed E-state index contributed by atoms with van der Waals surface area (Å²) in [5.41, 5.74) is 1.16. The third-order valence-corrected chi connectivity index (χ3v) is 2.37. The first-order valence-electron chi connectivity index (χ1n) is 5.44. The van der Waals surface area contributed by atoms with Gasteiger partial charge in [-0.05, 0) is 19.5 Å². The van der Waals surface area contributed by atoms with Gasteiger partial charge in [-0.1, -0.05) is 20.4 Å². The Morgan fingerprint density at radius 2 is 2.07 bits per heavy atom. The molecule has 0 saturated carbocycles. The van der Waals surface area contributed by atoms with Gasteiger partial charge in [0.1, 0.15) is 0 Å². The van der Waals surface area contributed by atoms with Crippen molar-refractivity contribution >= 4 is 0 Å². The third-order valence-electron chi connectivity index (χ3n) is 2.37. The normalized spacial score (nSPS) is 12.9. The molecule has 0 saturated heterocycles. The van der Waals surface area contributed by atoms with E-state index in [9.17, 15) is 0 Å². The molecule has 86 valence electrons. The van der Waals surface area contributed by atoms with Gasteiger partial charge < -0.3 is 5.32 Å². The highest BCUT2D eigenvalue weighted by molar-refractivity contribution is 5.00. The summed E-state index contributed by atoms with van der Waals surface area (Å²) in [4.78, 5) is 2.16. The molecule has 0 fully saturated rings. The molecule has 3 nitrogen and oxygen atoms in total. The molecule has 0 spiro atoms. The van der Waals surface area contributed by atoms with Gasteiger partial charge in [0.15, 0.2) is 0 Å². The second-order valence-electron chi connectivity index (χ2n) is 4.41. The fourth-order valence-corrected chi connectivity index (χ4v) is 1.20. The van der Waals surface area contributed by atoms with E-state index < -0.39 is 0 Å². The first-order valence-corrected chi connectivity index (χ1v) is 5.44. The third kappa shape index (κ3) is 7.12. The van der Waals surface area contributed by atoms with E-state index in [0.717, 1.165) is 18.7 Å². The van der Waals surface area contributed by atoms with Crippen LogP contribution in [0.2, 0.25) is 0 Å². The van der Waals surface area contributed by atoms with Crippen LogP contribution in [-0.2, 0) is 0 Å². The number of hydrogen-bond acceptors (Lipinski definition) is 3. The average Bonchev–Trinajstić information content (AvgIpc) is 2.15. The number of nitriles is 1. The smallest absolute Gasteiger partial charge is 0.0638 e. The summed E-state index contributed by atoms with van der Waals surface area (Å²) in [5.74, 6) is 0. The summed E-state index contributed by atoms with van der Waals surface area (Å²) in [5, 5.41) is 11.9. The molecular weight excluding hydrogens is 186 g/mol. The predicted molar refractivity (Wildman–Crippen MR) is 64.6 cm³/mol. The lowest BCUT2D eigenvalue weighted by atomic mass is 10.2. The molecule has 0 aromatic heterocycles. The Labute approximate surface area is 93.8 Å². The molecule has 1 N–H and O–H groups in total. The van der Waals surface area contributed by atoms with Gasteiger partial charge in [-0.3, -0.25) is 4.90 Å². The van der Waals surface area contributed by atoms with Crippen LogP contribution in [0.5, 0.6) is 0 Å². The van der Waals surface area contributed by atoms with Crippen molar-refractivity contribution < 1.29 is 0 Å². The summed E-state index contributed by atoms with van der Waals surface area (Å²) in [7, 11) is 2.03. The van der Waals surface area contributed by atoms with Crippen molar-refractivity contribution in [2.45, 2.75) is 39.3 Å². The molecule has 0 aliphatic heterocycles. The Kier molecular flexibility index (Phi) is 7.02. The summed E-state index contributed by atoms with van der Waals surface area (Å²) in [6.07, 6.45) is 0.571. The van der Waals surface area contributed by atoms with Gasteiger partial charge in [0.2, 0.25) is 0 Å². The molecule has 0 aromatic carbocycles. The fraction of sp³-hybridized carbons (Fsp3) is 0.750. The molecule has 3 heteroatoms. The number of nitrogens with zero attached hydrogens (tertiary/aromatic N) is 2. The van der Waals surface area contributed by atoms with Crippen LogP contribution in [0.4, 0.5) is 0 Å². The quantitative estimate of drug-likeness (QED) is 0.650. The monoisotopic (exact) mass is 209 g/mol. The SMILES string of the molecule is C=C(CNC(C)C)CN(C)C(C)CC#N. The summed E-state index contributed by atoms with van der Waals surface area (Å²) in [6.45, 7) is 12.0. The van der Waals surface area contributed by atoms with Crippen molar-refractivity contribution in [3.05, 3.63) is 12.2 Å². The zero-order valence-electron chi connectivity index (χ0n) is 10.4. The highest BCUT2D eigenvalue weighted by Crippen LogP contribution is 2.03. The number of hydrogen-bond donors (Lipinski definition) is 1. The average molecular weight is 209 g/mol. The molecule has 0 aromatic rings. The van der Waals surface area contributed by atoms with E-state index in [0.29, 0.717) is 18.5 Å². The van der Waals surface area contributed by atoms with Crippen molar-refractivity contribution in [2.24, 2.45) is 0 Å². The largest absolute Gasteiger partial charge is 0.311 e. The lowest BCUT2D eigenvalue weighted by Gasteiger charge is -2.24. The standard InChI is InChI=1S/C12H23N3/c1-10(2)14-8-11(3)9-15(5)12(4)6-7-13/h10,12,14H,3,6,8-9H2,1-2,4-5H3. The molecule has 0 aliphatic carbocycles. The Balaban J connectivity index is 3.81. The van der Waals surface area contributed by atoms with E-state index in [-0.39, 0.29) is 0 Å². The number of nitrogens with one attached hydrogen (secondary N) is 1. The van der Waals surface area contributed by atoms with Crippen molar-refractivity contribution in [3.63, 3.8) is 0 Å². The Bertz CT molecular complexity index is 228. The van der Waals surface area contributed by atoms with Crippen molar-refractivity contribution in [1.29, 1.82) is 5.26 Å². The Hall–Kier alpha value is -0.850. The fourth-order valence-electron chi connectivity index (χ4n) is 1.20. The second kappa shape index (κ2) is 7.44. The summed E-state index contributed by atoms with van der Waals surface area (Å²) in [6, 6.07) is 2.97. The van der Waals surface area contributed by atoms with Crippen molar-refractivity contribution in [2.75, 3.05) is 20.1 Å². The van der Waals surface area contributed by atoms with E-state index in [1.165, 1.54) is 0 Å². The van der Waals surface area contributed by atoms with Crippen molar-refractivity contribution in [1.82, 2.24) is 10.2 Å². The summed E-state index contributed by atoms with van der Waals surface area (Å²) < 4.78 is 0. The maximum absolute atomic E-state index is 8.58. The van der Waals surface area contributed by atoms with Gasteiger partial charge in [0.25, 0.3) is 0 Å². The van der Waals surface area contributed by atoms with Crippen LogP contribution in [0.3, 0.4) is 0 Å². The van der Waals surface area contributed by atoms with E-state index >= 15 is 0 Å². The van der Waals surface area contributed by atoms with E-state index in [2.05, 4.69) is 43.6 Å². The molecule has 0 radical (unpaired) electrons. The maximum Gasteiger partial charge on any atom is 0.0638 e. The van der Waals surface area contributed by atoms with Gasteiger partial charge in [-0.2, -0.15) is 5.26 Å². The minimum atomic E-state index is 0.297. The first kappa shape index (κ1) is 14.2. The van der Waals surface area contributed by atoms with Crippen LogP contribution in [0.15, 0.2) is 12.2 Å². The number of rotatable bonds is 7. The molecule has 15 heavy (non-hydrogen) atoms. The van der Waals surface area contributed by atoms with Crippen LogP contribution >= 0.6 is 0 Å². The zero-order chi connectivity index (χ0) is 11.8. The van der Waals surface area contributed by atoms with Crippen LogP contribution < -0.4 is 5.32 Å². The highest BCUT2D eigenvalue weighted by atomic mass is 15.1.